The number of ether oxygens (including phenoxy) is 1. The summed E-state index contributed by atoms with van der Waals surface area (Å²) in [5.74, 6) is 0.689. The van der Waals surface area contributed by atoms with Crippen LogP contribution in [0.15, 0.2) is 65.6 Å². The maximum atomic E-state index is 13.0. The Morgan fingerprint density at radius 2 is 1.69 bits per heavy atom. The molecule has 1 unspecified atom stereocenters. The van der Waals surface area contributed by atoms with Crippen molar-refractivity contribution in [1.29, 1.82) is 0 Å². The Hall–Kier alpha value is -2.51. The van der Waals surface area contributed by atoms with Crippen LogP contribution in [0.2, 0.25) is 0 Å². The fourth-order valence-corrected chi connectivity index (χ4v) is 4.71. The zero-order chi connectivity index (χ0) is 22.8. The first-order chi connectivity index (χ1) is 15.5. The van der Waals surface area contributed by atoms with Crippen LogP contribution in [0.1, 0.15) is 24.8 Å². The van der Waals surface area contributed by atoms with Crippen molar-refractivity contribution in [2.24, 2.45) is 0 Å². The molecule has 3 rings (SSSR count). The molecule has 0 saturated carbocycles. The van der Waals surface area contributed by atoms with E-state index in [1.807, 2.05) is 65.6 Å². The van der Waals surface area contributed by atoms with Crippen LogP contribution in [0.3, 0.4) is 0 Å². The van der Waals surface area contributed by atoms with Crippen LogP contribution >= 0.6 is 11.8 Å². The number of amides is 2. The molecule has 0 spiro atoms. The molecule has 1 saturated heterocycles. The molecule has 172 valence electrons. The second-order valence-electron chi connectivity index (χ2n) is 8.31. The van der Waals surface area contributed by atoms with Crippen LogP contribution in [0.4, 0.5) is 4.79 Å². The number of hydrogen-bond acceptors (Lipinski definition) is 5. The largest absolute Gasteiger partial charge is 0.445 e. The van der Waals surface area contributed by atoms with Crippen LogP contribution in [0.5, 0.6) is 0 Å². The zero-order valence-electron chi connectivity index (χ0n) is 18.9. The summed E-state index contributed by atoms with van der Waals surface area (Å²) in [5.41, 5.74) is 0.928. The summed E-state index contributed by atoms with van der Waals surface area (Å²) in [4.78, 5) is 30.7. The van der Waals surface area contributed by atoms with Crippen molar-refractivity contribution in [3.05, 3.63) is 66.2 Å². The molecule has 2 aromatic carbocycles. The van der Waals surface area contributed by atoms with Gasteiger partial charge >= 0.3 is 6.09 Å². The fourth-order valence-electron chi connectivity index (χ4n) is 3.77. The monoisotopic (exact) mass is 455 g/mol. The molecule has 0 radical (unpaired) electrons. The molecule has 1 N–H and O–H groups in total. The second kappa shape index (κ2) is 12.5. The van der Waals surface area contributed by atoms with Crippen LogP contribution in [0.25, 0.3) is 0 Å². The summed E-state index contributed by atoms with van der Waals surface area (Å²) in [6, 6.07) is 19.8. The maximum Gasteiger partial charge on any atom is 0.407 e. The molecule has 6 nitrogen and oxygen atoms in total. The highest BCUT2D eigenvalue weighted by Gasteiger charge is 2.26. The van der Waals surface area contributed by atoms with E-state index in [-0.39, 0.29) is 25.0 Å². The lowest BCUT2D eigenvalue weighted by atomic mass is 10.0. The Morgan fingerprint density at radius 3 is 2.31 bits per heavy atom. The number of likely N-dealkylation sites (tertiary alicyclic amines) is 1. The Balaban J connectivity index is 1.54. The van der Waals surface area contributed by atoms with Crippen molar-refractivity contribution in [3.8, 4) is 0 Å². The van der Waals surface area contributed by atoms with E-state index in [1.165, 1.54) is 0 Å². The molecular weight excluding hydrogens is 422 g/mol. The molecule has 1 aliphatic heterocycles. The molecule has 1 aliphatic rings. The van der Waals surface area contributed by atoms with Gasteiger partial charge in [-0.25, -0.2) is 4.79 Å². The normalized spacial score (nSPS) is 15.4. The van der Waals surface area contributed by atoms with Crippen molar-refractivity contribution >= 4 is 23.8 Å². The van der Waals surface area contributed by atoms with E-state index in [2.05, 4.69) is 24.3 Å². The summed E-state index contributed by atoms with van der Waals surface area (Å²) in [6.07, 6.45) is 1.74. The Morgan fingerprint density at radius 1 is 1.06 bits per heavy atom. The van der Waals surface area contributed by atoms with E-state index in [9.17, 15) is 9.59 Å². The van der Waals surface area contributed by atoms with Gasteiger partial charge in [-0.3, -0.25) is 4.79 Å². The number of piperidine rings is 1. The Kier molecular flexibility index (Phi) is 9.43. The van der Waals surface area contributed by atoms with Gasteiger partial charge in [0.25, 0.3) is 0 Å². The van der Waals surface area contributed by atoms with Crippen molar-refractivity contribution in [2.45, 2.75) is 42.8 Å². The third-order valence-electron chi connectivity index (χ3n) is 5.70. The first-order valence-electron chi connectivity index (χ1n) is 11.1. The first kappa shape index (κ1) is 24.1. The highest BCUT2D eigenvalue weighted by molar-refractivity contribution is 7.99. The quantitative estimate of drug-likeness (QED) is 0.579. The van der Waals surface area contributed by atoms with Crippen LogP contribution in [-0.4, -0.2) is 66.8 Å². The third-order valence-corrected chi connectivity index (χ3v) is 6.87. The minimum Gasteiger partial charge on any atom is -0.445 e. The van der Waals surface area contributed by atoms with Gasteiger partial charge in [-0.05, 0) is 44.6 Å². The smallest absolute Gasteiger partial charge is 0.407 e. The summed E-state index contributed by atoms with van der Waals surface area (Å²) in [7, 11) is 4.17. The number of thioether (sulfide) groups is 1. The average molecular weight is 456 g/mol. The summed E-state index contributed by atoms with van der Waals surface area (Å²) in [5, 5.41) is 2.92. The number of carbonyl (C=O) groups excluding carboxylic acids is 2. The Labute approximate surface area is 195 Å². The summed E-state index contributed by atoms with van der Waals surface area (Å²) >= 11 is 1.63. The molecular formula is C25H33N3O3S. The van der Waals surface area contributed by atoms with E-state index in [4.69, 9.17) is 4.74 Å². The first-order valence-corrected chi connectivity index (χ1v) is 12.1. The molecule has 32 heavy (non-hydrogen) atoms. The van der Waals surface area contributed by atoms with Gasteiger partial charge in [-0.2, -0.15) is 0 Å². The third kappa shape index (κ3) is 7.88. The number of hydrogen-bond donors (Lipinski definition) is 1. The molecule has 0 aliphatic carbocycles. The topological polar surface area (TPSA) is 61.9 Å². The van der Waals surface area contributed by atoms with Crippen molar-refractivity contribution in [2.75, 3.05) is 32.9 Å². The second-order valence-corrected chi connectivity index (χ2v) is 9.40. The van der Waals surface area contributed by atoms with E-state index >= 15 is 0 Å². The number of rotatable bonds is 9. The fraction of sp³-hybridized carbons (Fsp3) is 0.440. The predicted octanol–water partition coefficient (Wildman–Crippen LogP) is 4.02. The molecule has 0 bridgehead atoms. The maximum absolute atomic E-state index is 13.0. The molecule has 2 amide bonds. The SMILES string of the molecule is CN(C)C1CCN(C(=O)CC(CSc2ccccc2)NC(=O)OCc2ccccc2)CC1. The van der Waals surface area contributed by atoms with Gasteiger partial charge < -0.3 is 19.9 Å². The van der Waals surface area contributed by atoms with Gasteiger partial charge in [0, 0.05) is 36.2 Å². The molecule has 1 atom stereocenters. The van der Waals surface area contributed by atoms with Crippen LogP contribution < -0.4 is 5.32 Å². The molecule has 7 heteroatoms. The van der Waals surface area contributed by atoms with Gasteiger partial charge in [0.15, 0.2) is 0 Å². The lowest BCUT2D eigenvalue weighted by molar-refractivity contribution is -0.133. The molecule has 1 fully saturated rings. The number of benzene rings is 2. The summed E-state index contributed by atoms with van der Waals surface area (Å²) < 4.78 is 5.39. The van der Waals surface area contributed by atoms with Crippen LogP contribution in [-0.2, 0) is 16.1 Å². The molecule has 0 aromatic heterocycles. The lowest BCUT2D eigenvalue weighted by Gasteiger charge is -2.35. The zero-order valence-corrected chi connectivity index (χ0v) is 19.7. The minimum absolute atomic E-state index is 0.0872. The van der Waals surface area contributed by atoms with Gasteiger partial charge in [-0.15, -0.1) is 11.8 Å². The van der Waals surface area contributed by atoms with Gasteiger partial charge in [0.05, 0.1) is 6.04 Å². The van der Waals surface area contributed by atoms with Gasteiger partial charge in [0.2, 0.25) is 5.91 Å². The van der Waals surface area contributed by atoms with E-state index in [0.29, 0.717) is 11.8 Å². The van der Waals surface area contributed by atoms with E-state index < -0.39 is 6.09 Å². The Bertz CT molecular complexity index is 840. The van der Waals surface area contributed by atoms with E-state index in [1.54, 1.807) is 11.8 Å². The number of alkyl carbamates (subject to hydrolysis) is 1. The number of nitrogens with one attached hydrogen (secondary N) is 1. The van der Waals surface area contributed by atoms with E-state index in [0.717, 1.165) is 36.4 Å². The van der Waals surface area contributed by atoms with Gasteiger partial charge in [-0.1, -0.05) is 48.5 Å². The standard InChI is InChI=1S/C25H33N3O3S/c1-27(2)22-13-15-28(16-14-22)24(29)17-21(19-32-23-11-7-4-8-12-23)26-25(30)31-18-20-9-5-3-6-10-20/h3-12,21-22H,13-19H2,1-2H3,(H,26,30). The highest BCUT2D eigenvalue weighted by Crippen LogP contribution is 2.20. The molecule has 1 heterocycles. The van der Waals surface area contributed by atoms with Crippen molar-refractivity contribution in [1.82, 2.24) is 15.1 Å². The van der Waals surface area contributed by atoms with Gasteiger partial charge in [0.1, 0.15) is 6.61 Å². The van der Waals surface area contributed by atoms with Crippen molar-refractivity contribution < 1.29 is 14.3 Å². The number of carbonyl (C=O) groups is 2. The van der Waals surface area contributed by atoms with Crippen molar-refractivity contribution in [3.63, 3.8) is 0 Å². The lowest BCUT2D eigenvalue weighted by Crippen LogP contribution is -2.47. The minimum atomic E-state index is -0.494. The molecule has 2 aromatic rings. The average Bonchev–Trinajstić information content (AvgIpc) is 2.82. The highest BCUT2D eigenvalue weighted by atomic mass is 32.2. The summed E-state index contributed by atoms with van der Waals surface area (Å²) in [6.45, 7) is 1.73. The van der Waals surface area contributed by atoms with Crippen LogP contribution in [0, 0.1) is 0 Å². The predicted molar refractivity (Wildman–Crippen MR) is 129 cm³/mol. The number of nitrogens with zero attached hydrogens (tertiary/aromatic N) is 2.